The van der Waals surface area contributed by atoms with E-state index < -0.39 is 12.2 Å². The van der Waals surface area contributed by atoms with Gasteiger partial charge in [0, 0.05) is 6.54 Å². The molecule has 0 aromatic heterocycles. The van der Waals surface area contributed by atoms with E-state index in [1.54, 1.807) is 11.0 Å². The summed E-state index contributed by atoms with van der Waals surface area (Å²) in [4.78, 5) is 13.6. The van der Waals surface area contributed by atoms with Crippen LogP contribution >= 0.6 is 0 Å². The van der Waals surface area contributed by atoms with E-state index in [-0.39, 0.29) is 24.1 Å². The highest BCUT2D eigenvalue weighted by Gasteiger charge is 2.27. The molecular formula is C14H17F3N2O. The molecule has 20 heavy (non-hydrogen) atoms. The number of rotatable bonds is 4. The molecule has 3 nitrogen and oxygen atoms in total. The average molecular weight is 286 g/mol. The van der Waals surface area contributed by atoms with Gasteiger partial charge in [0.1, 0.15) is 5.82 Å². The van der Waals surface area contributed by atoms with Gasteiger partial charge in [-0.25, -0.2) is 13.2 Å². The van der Waals surface area contributed by atoms with Crippen molar-refractivity contribution in [3.05, 3.63) is 30.1 Å². The molecule has 1 saturated heterocycles. The number of piperidine rings is 1. The molecule has 1 unspecified atom stereocenters. The molecule has 6 heteroatoms. The summed E-state index contributed by atoms with van der Waals surface area (Å²) in [5, 5.41) is 2.53. The van der Waals surface area contributed by atoms with Crippen LogP contribution in [0.15, 0.2) is 24.3 Å². The van der Waals surface area contributed by atoms with Crippen molar-refractivity contribution in [3.8, 4) is 0 Å². The molecule has 1 heterocycles. The number of likely N-dealkylation sites (tertiary alicyclic amines) is 1. The topological polar surface area (TPSA) is 32.3 Å². The Morgan fingerprint density at radius 3 is 2.85 bits per heavy atom. The molecule has 1 amide bonds. The summed E-state index contributed by atoms with van der Waals surface area (Å²) in [5.41, 5.74) is 0.128. The third kappa shape index (κ3) is 3.96. The number of hydrogen-bond acceptors (Lipinski definition) is 2. The minimum Gasteiger partial charge on any atom is -0.323 e. The fourth-order valence-electron chi connectivity index (χ4n) is 2.43. The fourth-order valence-corrected chi connectivity index (χ4v) is 2.43. The smallest absolute Gasteiger partial charge is 0.251 e. The largest absolute Gasteiger partial charge is 0.323 e. The lowest BCUT2D eigenvalue weighted by Crippen LogP contribution is -2.42. The number of halogens is 3. The SMILES string of the molecule is O=C(Nc1ccccc1F)C1CCCN(CC(F)F)C1. The van der Waals surface area contributed by atoms with Crippen LogP contribution in [-0.2, 0) is 4.79 Å². The highest BCUT2D eigenvalue weighted by Crippen LogP contribution is 2.20. The first kappa shape index (κ1) is 14.8. The van der Waals surface area contributed by atoms with Crippen LogP contribution in [-0.4, -0.2) is 36.9 Å². The highest BCUT2D eigenvalue weighted by atomic mass is 19.3. The van der Waals surface area contributed by atoms with Gasteiger partial charge in [0.05, 0.1) is 18.2 Å². The van der Waals surface area contributed by atoms with Crippen molar-refractivity contribution in [1.82, 2.24) is 4.90 Å². The molecule has 1 fully saturated rings. The van der Waals surface area contributed by atoms with Crippen LogP contribution in [0.4, 0.5) is 18.9 Å². The van der Waals surface area contributed by atoms with Crippen LogP contribution in [0, 0.1) is 11.7 Å². The van der Waals surface area contributed by atoms with Gasteiger partial charge in [0.2, 0.25) is 5.91 Å². The molecule has 2 rings (SSSR count). The Bertz CT molecular complexity index is 467. The number of carbonyl (C=O) groups excluding carboxylic acids is 1. The maximum Gasteiger partial charge on any atom is 0.251 e. The Labute approximate surface area is 115 Å². The quantitative estimate of drug-likeness (QED) is 0.923. The first-order valence-electron chi connectivity index (χ1n) is 6.62. The van der Waals surface area contributed by atoms with Crippen molar-refractivity contribution >= 4 is 11.6 Å². The number of nitrogens with zero attached hydrogens (tertiary/aromatic N) is 1. The number of nitrogens with one attached hydrogen (secondary N) is 1. The van der Waals surface area contributed by atoms with Crippen molar-refractivity contribution < 1.29 is 18.0 Å². The standard InChI is InChI=1S/C14H17F3N2O/c15-11-5-1-2-6-12(11)18-14(20)10-4-3-7-19(8-10)9-13(16)17/h1-2,5-6,10,13H,3-4,7-9H2,(H,18,20). The van der Waals surface area contributed by atoms with Gasteiger partial charge in [-0.05, 0) is 31.5 Å². The van der Waals surface area contributed by atoms with E-state index >= 15 is 0 Å². The number of para-hydroxylation sites is 1. The number of benzene rings is 1. The summed E-state index contributed by atoms with van der Waals surface area (Å²) in [6.07, 6.45) is -1.06. The highest BCUT2D eigenvalue weighted by molar-refractivity contribution is 5.92. The van der Waals surface area contributed by atoms with E-state index in [2.05, 4.69) is 5.32 Å². The van der Waals surface area contributed by atoms with E-state index in [0.717, 1.165) is 0 Å². The zero-order valence-corrected chi connectivity index (χ0v) is 11.0. The zero-order chi connectivity index (χ0) is 14.5. The second-order valence-electron chi connectivity index (χ2n) is 4.96. The second-order valence-corrected chi connectivity index (χ2v) is 4.96. The maximum atomic E-state index is 13.4. The van der Waals surface area contributed by atoms with Crippen LogP contribution in [0.1, 0.15) is 12.8 Å². The number of amides is 1. The molecule has 0 saturated carbocycles. The van der Waals surface area contributed by atoms with Crippen LogP contribution in [0.5, 0.6) is 0 Å². The number of carbonyl (C=O) groups is 1. The number of alkyl halides is 2. The number of anilines is 1. The van der Waals surface area contributed by atoms with E-state index in [0.29, 0.717) is 25.9 Å². The molecule has 1 aliphatic rings. The molecular weight excluding hydrogens is 269 g/mol. The monoisotopic (exact) mass is 286 g/mol. The minimum absolute atomic E-state index is 0.128. The lowest BCUT2D eigenvalue weighted by molar-refractivity contribution is -0.121. The van der Waals surface area contributed by atoms with E-state index in [1.165, 1.54) is 18.2 Å². The van der Waals surface area contributed by atoms with Gasteiger partial charge in [-0.1, -0.05) is 12.1 Å². The third-order valence-corrected chi connectivity index (χ3v) is 3.40. The van der Waals surface area contributed by atoms with E-state index in [4.69, 9.17) is 0 Å². The van der Waals surface area contributed by atoms with E-state index in [9.17, 15) is 18.0 Å². The predicted molar refractivity (Wildman–Crippen MR) is 70.2 cm³/mol. The minimum atomic E-state index is -2.40. The van der Waals surface area contributed by atoms with Crippen LogP contribution < -0.4 is 5.32 Å². The third-order valence-electron chi connectivity index (χ3n) is 3.40. The lowest BCUT2D eigenvalue weighted by Gasteiger charge is -2.31. The summed E-state index contributed by atoms with van der Waals surface area (Å²) < 4.78 is 38.2. The summed E-state index contributed by atoms with van der Waals surface area (Å²) in [5.74, 6) is -1.18. The maximum absolute atomic E-state index is 13.4. The van der Waals surface area contributed by atoms with Gasteiger partial charge >= 0.3 is 0 Å². The van der Waals surface area contributed by atoms with Crippen LogP contribution in [0.25, 0.3) is 0 Å². The van der Waals surface area contributed by atoms with Gasteiger partial charge in [-0.2, -0.15) is 0 Å². The number of hydrogen-bond donors (Lipinski definition) is 1. The molecule has 1 atom stereocenters. The summed E-state index contributed by atoms with van der Waals surface area (Å²) >= 11 is 0. The Balaban J connectivity index is 1.93. The summed E-state index contributed by atoms with van der Waals surface area (Å²) in [6, 6.07) is 5.91. The molecule has 0 aliphatic carbocycles. The van der Waals surface area contributed by atoms with Crippen molar-refractivity contribution in [1.29, 1.82) is 0 Å². The van der Waals surface area contributed by atoms with Gasteiger partial charge in [0.25, 0.3) is 6.43 Å². The Kier molecular flexibility index (Phi) is 5.00. The Hall–Kier alpha value is -1.56. The Morgan fingerprint density at radius 2 is 2.15 bits per heavy atom. The second kappa shape index (κ2) is 6.74. The predicted octanol–water partition coefficient (Wildman–Crippen LogP) is 2.74. The zero-order valence-electron chi connectivity index (χ0n) is 11.0. The fraction of sp³-hybridized carbons (Fsp3) is 0.500. The Morgan fingerprint density at radius 1 is 1.40 bits per heavy atom. The van der Waals surface area contributed by atoms with Gasteiger partial charge in [-0.15, -0.1) is 0 Å². The molecule has 1 aliphatic heterocycles. The summed E-state index contributed by atoms with van der Waals surface area (Å²) in [6.45, 7) is 0.557. The normalized spacial score (nSPS) is 20.1. The summed E-state index contributed by atoms with van der Waals surface area (Å²) in [7, 11) is 0. The average Bonchev–Trinajstić information content (AvgIpc) is 2.41. The van der Waals surface area contributed by atoms with Crippen LogP contribution in [0.2, 0.25) is 0 Å². The molecule has 1 aromatic rings. The van der Waals surface area contributed by atoms with Gasteiger partial charge in [0.15, 0.2) is 0 Å². The molecule has 110 valence electrons. The lowest BCUT2D eigenvalue weighted by atomic mass is 9.97. The first-order valence-corrected chi connectivity index (χ1v) is 6.62. The molecule has 0 spiro atoms. The first-order chi connectivity index (χ1) is 9.56. The van der Waals surface area contributed by atoms with Crippen molar-refractivity contribution in [2.45, 2.75) is 19.3 Å². The van der Waals surface area contributed by atoms with Crippen molar-refractivity contribution in [3.63, 3.8) is 0 Å². The van der Waals surface area contributed by atoms with E-state index in [1.807, 2.05) is 0 Å². The molecule has 1 N–H and O–H groups in total. The molecule has 1 aromatic carbocycles. The molecule has 0 radical (unpaired) electrons. The van der Waals surface area contributed by atoms with Gasteiger partial charge in [-0.3, -0.25) is 9.69 Å². The van der Waals surface area contributed by atoms with Crippen molar-refractivity contribution in [2.75, 3.05) is 25.0 Å². The molecule has 0 bridgehead atoms. The van der Waals surface area contributed by atoms with Crippen molar-refractivity contribution in [2.24, 2.45) is 5.92 Å². The van der Waals surface area contributed by atoms with Gasteiger partial charge < -0.3 is 5.32 Å². The van der Waals surface area contributed by atoms with Crippen LogP contribution in [0.3, 0.4) is 0 Å².